The zero-order chi connectivity index (χ0) is 12.9. The molecule has 0 atom stereocenters. The van der Waals surface area contributed by atoms with E-state index in [1.165, 1.54) is 32.1 Å². The average molecular weight is 264 g/mol. The third-order valence-corrected chi connectivity index (χ3v) is 6.43. The molecule has 1 aliphatic heterocycles. The van der Waals surface area contributed by atoms with Crippen LogP contribution in [0.3, 0.4) is 0 Å². The summed E-state index contributed by atoms with van der Waals surface area (Å²) in [7, 11) is 0. The van der Waals surface area contributed by atoms with E-state index in [2.05, 4.69) is 10.6 Å². The van der Waals surface area contributed by atoms with Crippen LogP contribution in [0.5, 0.6) is 0 Å². The lowest BCUT2D eigenvalue weighted by Gasteiger charge is -2.55. The minimum Gasteiger partial charge on any atom is -0.388 e. The maximum Gasteiger partial charge on any atom is 0.0795 e. The van der Waals surface area contributed by atoms with Crippen LogP contribution in [-0.4, -0.2) is 36.4 Å². The van der Waals surface area contributed by atoms with Crippen LogP contribution in [0, 0.1) is 23.7 Å². The molecule has 0 spiro atoms. The Hall–Kier alpha value is -0.120. The molecule has 0 aromatic rings. The molecule has 3 nitrogen and oxygen atoms in total. The number of aliphatic hydroxyl groups is 1. The zero-order valence-corrected chi connectivity index (χ0v) is 11.9. The van der Waals surface area contributed by atoms with Crippen molar-refractivity contribution >= 4 is 0 Å². The Morgan fingerprint density at radius 3 is 2.11 bits per heavy atom. The van der Waals surface area contributed by atoms with E-state index in [1.54, 1.807) is 0 Å². The molecule has 5 aliphatic rings. The number of rotatable bonds is 3. The van der Waals surface area contributed by atoms with Gasteiger partial charge < -0.3 is 15.7 Å². The predicted octanol–water partition coefficient (Wildman–Crippen LogP) is 1.52. The van der Waals surface area contributed by atoms with E-state index in [1.807, 2.05) is 0 Å². The Labute approximate surface area is 116 Å². The second-order valence-electron chi connectivity index (χ2n) is 7.81. The average Bonchev–Trinajstić information content (AvgIpc) is 2.38. The van der Waals surface area contributed by atoms with Gasteiger partial charge in [0.2, 0.25) is 0 Å². The van der Waals surface area contributed by atoms with Gasteiger partial charge >= 0.3 is 0 Å². The Morgan fingerprint density at radius 2 is 1.53 bits per heavy atom. The smallest absolute Gasteiger partial charge is 0.0795 e. The largest absolute Gasteiger partial charge is 0.388 e. The molecule has 1 heterocycles. The predicted molar refractivity (Wildman–Crippen MR) is 75.9 cm³/mol. The topological polar surface area (TPSA) is 44.3 Å². The van der Waals surface area contributed by atoms with Gasteiger partial charge in [0.15, 0.2) is 0 Å². The van der Waals surface area contributed by atoms with Crippen molar-refractivity contribution in [3.63, 3.8) is 0 Å². The second-order valence-corrected chi connectivity index (χ2v) is 7.81. The standard InChI is InChI=1S/C16H28N2O/c19-16(1-3-17-4-2-16)10-18-15-13-6-11-5-12(8-13)9-14(15)7-11/h11-15,17-19H,1-10H2. The molecule has 0 aromatic heterocycles. The van der Waals surface area contributed by atoms with Crippen molar-refractivity contribution in [1.29, 1.82) is 0 Å². The first kappa shape index (κ1) is 12.6. The third-order valence-electron chi connectivity index (χ3n) is 6.43. The molecule has 4 saturated carbocycles. The van der Waals surface area contributed by atoms with E-state index in [0.29, 0.717) is 6.04 Å². The molecule has 5 rings (SSSR count). The molecule has 0 aromatic carbocycles. The maximum absolute atomic E-state index is 10.6. The molecule has 1 saturated heterocycles. The van der Waals surface area contributed by atoms with Crippen LogP contribution in [0.2, 0.25) is 0 Å². The number of piperidine rings is 1. The van der Waals surface area contributed by atoms with Crippen LogP contribution in [0.25, 0.3) is 0 Å². The van der Waals surface area contributed by atoms with Crippen molar-refractivity contribution in [2.24, 2.45) is 23.7 Å². The SMILES string of the molecule is OC1(CNC2C3CC4CC(C3)CC2C4)CCNCC1. The van der Waals surface area contributed by atoms with Gasteiger partial charge in [-0.15, -0.1) is 0 Å². The molecule has 0 unspecified atom stereocenters. The summed E-state index contributed by atoms with van der Waals surface area (Å²) in [5, 5.41) is 17.8. The van der Waals surface area contributed by atoms with Crippen LogP contribution < -0.4 is 10.6 Å². The van der Waals surface area contributed by atoms with E-state index in [4.69, 9.17) is 0 Å². The van der Waals surface area contributed by atoms with Crippen LogP contribution >= 0.6 is 0 Å². The minimum absolute atomic E-state index is 0.445. The van der Waals surface area contributed by atoms with Gasteiger partial charge in [0, 0.05) is 12.6 Å². The Balaban J connectivity index is 1.38. The monoisotopic (exact) mass is 264 g/mol. The lowest BCUT2D eigenvalue weighted by atomic mass is 9.54. The first-order valence-corrected chi connectivity index (χ1v) is 8.38. The Kier molecular flexibility index (Phi) is 3.13. The normalized spacial score (nSPS) is 47.5. The summed E-state index contributed by atoms with van der Waals surface area (Å²) in [5.74, 6) is 3.92. The van der Waals surface area contributed by atoms with Gasteiger partial charge in [-0.2, -0.15) is 0 Å². The summed E-state index contributed by atoms with van der Waals surface area (Å²) >= 11 is 0. The fourth-order valence-electron chi connectivity index (χ4n) is 5.64. The summed E-state index contributed by atoms with van der Waals surface area (Å²) in [4.78, 5) is 0. The molecule has 4 bridgehead atoms. The molecule has 3 heteroatoms. The van der Waals surface area contributed by atoms with Gasteiger partial charge in [0.05, 0.1) is 5.60 Å². The van der Waals surface area contributed by atoms with Crippen molar-refractivity contribution in [3.05, 3.63) is 0 Å². The molecule has 5 fully saturated rings. The lowest BCUT2D eigenvalue weighted by Crippen LogP contribution is -2.58. The summed E-state index contributed by atoms with van der Waals surface area (Å²) in [5.41, 5.74) is -0.445. The third kappa shape index (κ3) is 2.34. The van der Waals surface area contributed by atoms with Gasteiger partial charge in [-0.05, 0) is 81.7 Å². The fourth-order valence-corrected chi connectivity index (χ4v) is 5.64. The summed E-state index contributed by atoms with van der Waals surface area (Å²) in [6.45, 7) is 2.77. The van der Waals surface area contributed by atoms with Crippen LogP contribution in [0.1, 0.15) is 44.9 Å². The summed E-state index contributed by atoms with van der Waals surface area (Å²) < 4.78 is 0. The highest BCUT2D eigenvalue weighted by Gasteiger charge is 2.48. The highest BCUT2D eigenvalue weighted by molar-refractivity contribution is 5.02. The second kappa shape index (κ2) is 4.71. The first-order chi connectivity index (χ1) is 9.22. The molecule has 0 radical (unpaired) electrons. The van der Waals surface area contributed by atoms with Gasteiger partial charge in [-0.1, -0.05) is 0 Å². The highest BCUT2D eigenvalue weighted by atomic mass is 16.3. The van der Waals surface area contributed by atoms with Crippen LogP contribution in [-0.2, 0) is 0 Å². The molecular weight excluding hydrogens is 236 g/mol. The number of hydrogen-bond donors (Lipinski definition) is 3. The van der Waals surface area contributed by atoms with Crippen LogP contribution in [0.4, 0.5) is 0 Å². The van der Waals surface area contributed by atoms with Crippen molar-refractivity contribution in [2.45, 2.75) is 56.6 Å². The van der Waals surface area contributed by atoms with Crippen molar-refractivity contribution < 1.29 is 5.11 Å². The first-order valence-electron chi connectivity index (χ1n) is 8.38. The summed E-state index contributed by atoms with van der Waals surface area (Å²) in [6, 6.07) is 0.715. The van der Waals surface area contributed by atoms with E-state index in [-0.39, 0.29) is 0 Å². The van der Waals surface area contributed by atoms with Gasteiger partial charge in [-0.25, -0.2) is 0 Å². The maximum atomic E-state index is 10.6. The molecular formula is C16H28N2O. The van der Waals surface area contributed by atoms with Crippen molar-refractivity contribution in [3.8, 4) is 0 Å². The Bertz CT molecular complexity index is 310. The van der Waals surface area contributed by atoms with E-state index >= 15 is 0 Å². The lowest BCUT2D eigenvalue weighted by molar-refractivity contribution is -0.0351. The quantitative estimate of drug-likeness (QED) is 0.724. The fraction of sp³-hybridized carbons (Fsp3) is 1.00. The van der Waals surface area contributed by atoms with Gasteiger partial charge in [0.1, 0.15) is 0 Å². The molecule has 4 aliphatic carbocycles. The van der Waals surface area contributed by atoms with Gasteiger partial charge in [0.25, 0.3) is 0 Å². The highest BCUT2D eigenvalue weighted by Crippen LogP contribution is 2.53. The molecule has 19 heavy (non-hydrogen) atoms. The minimum atomic E-state index is -0.445. The van der Waals surface area contributed by atoms with Crippen molar-refractivity contribution in [2.75, 3.05) is 19.6 Å². The van der Waals surface area contributed by atoms with Gasteiger partial charge in [-0.3, -0.25) is 0 Å². The zero-order valence-electron chi connectivity index (χ0n) is 11.9. The van der Waals surface area contributed by atoms with Crippen LogP contribution in [0.15, 0.2) is 0 Å². The van der Waals surface area contributed by atoms with Crippen molar-refractivity contribution in [1.82, 2.24) is 10.6 Å². The van der Waals surface area contributed by atoms with E-state index < -0.39 is 5.60 Å². The summed E-state index contributed by atoms with van der Waals surface area (Å²) in [6.07, 6.45) is 9.19. The number of nitrogens with one attached hydrogen (secondary N) is 2. The van der Waals surface area contributed by atoms with E-state index in [9.17, 15) is 5.11 Å². The van der Waals surface area contributed by atoms with E-state index in [0.717, 1.165) is 56.1 Å². The molecule has 108 valence electrons. The molecule has 0 amide bonds. The Morgan fingerprint density at radius 1 is 0.947 bits per heavy atom. The number of hydrogen-bond acceptors (Lipinski definition) is 3. The molecule has 3 N–H and O–H groups in total.